The molecule has 0 bridgehead atoms. The highest BCUT2D eigenvalue weighted by Gasteiger charge is 2.27. The first-order valence-electron chi connectivity index (χ1n) is 27.7. The van der Waals surface area contributed by atoms with Crippen LogP contribution in [-0.2, 0) is 95.4 Å². The van der Waals surface area contributed by atoms with Crippen LogP contribution >= 0.6 is 0 Å². The zero-order valence-corrected chi connectivity index (χ0v) is 52.7. The molecule has 0 aliphatic carbocycles. The van der Waals surface area contributed by atoms with Crippen LogP contribution in [0, 0.1) is 0 Å². The van der Waals surface area contributed by atoms with Crippen LogP contribution < -0.4 is 68.8 Å². The number of benzene rings is 1. The molecule has 0 aliphatic heterocycles. The van der Waals surface area contributed by atoms with E-state index in [0.717, 1.165) is 74.8 Å². The van der Waals surface area contributed by atoms with E-state index < -0.39 is 35.5 Å². The third kappa shape index (κ3) is 36.3. The van der Waals surface area contributed by atoms with E-state index in [1.54, 1.807) is 0 Å². The van der Waals surface area contributed by atoms with Gasteiger partial charge in [-0.15, -0.1) is 0 Å². The molecule has 0 heterocycles. The molecule has 0 atom stereocenters. The number of hydrogen-bond donors (Lipinski definition) is 12. The van der Waals surface area contributed by atoms with Crippen LogP contribution in [0.2, 0.25) is 36.3 Å². The van der Waals surface area contributed by atoms with Gasteiger partial charge in [-0.2, -0.15) is 0 Å². The Labute approximate surface area is 482 Å². The molecule has 30 heteroatoms. The highest BCUT2D eigenvalue weighted by Crippen LogP contribution is 2.36. The minimum absolute atomic E-state index is 0.309. The van der Waals surface area contributed by atoms with Crippen molar-refractivity contribution in [2.24, 2.45) is 68.8 Å². The second-order valence-electron chi connectivity index (χ2n) is 17.0. The molecule has 1 aromatic carbocycles. The summed E-state index contributed by atoms with van der Waals surface area (Å²) in [6.45, 7) is 8.94. The minimum atomic E-state index is -0.442. The lowest BCUT2D eigenvalue weighted by molar-refractivity contribution is -0.0861. The molecule has 0 aromatic heterocycles. The van der Waals surface area contributed by atoms with Crippen LogP contribution in [0.3, 0.4) is 0 Å². The zero-order valence-electron chi connectivity index (χ0n) is 46.7. The van der Waals surface area contributed by atoms with Gasteiger partial charge in [-0.05, 0) is 71.9 Å². The molecule has 450 valence electrons. The Balaban J connectivity index is 4.51. The summed E-state index contributed by atoms with van der Waals surface area (Å²) in [5.74, 6) is -2.65. The van der Waals surface area contributed by atoms with E-state index in [1.165, 1.54) is 33.4 Å². The van der Waals surface area contributed by atoms with E-state index in [0.29, 0.717) is 215 Å². The van der Waals surface area contributed by atoms with Crippen molar-refractivity contribution in [3.63, 3.8) is 0 Å². The van der Waals surface area contributed by atoms with E-state index in [4.69, 9.17) is 126 Å². The fourth-order valence-corrected chi connectivity index (χ4v) is 14.5. The average molecular weight is 1210 g/mol. The number of rotatable bonds is 60. The predicted octanol–water partition coefficient (Wildman–Crippen LogP) is -4.92. The molecular formula is C48H102N12O12Si6. The first-order valence-corrected chi connectivity index (χ1v) is 35.4. The third-order valence-corrected chi connectivity index (χ3v) is 18.2. The SMILES string of the molecule is NCCOC(OCCN)[Si]CCc1c(CC[Si]C(OCCN)OCCN)c(CC[Si]C(OCCN)OCCN)c(CC[Si]C(OCCN)OCCN)c(CC[Si]C(OCCN)OCCN)c1CC[Si]C(OCCN)OCCN. The summed E-state index contributed by atoms with van der Waals surface area (Å²) in [6, 6.07) is 4.75. The number of hydrogen-bond acceptors (Lipinski definition) is 24. The summed E-state index contributed by atoms with van der Waals surface area (Å²) in [7, 11) is 1.86. The van der Waals surface area contributed by atoms with Crippen LogP contribution in [0.4, 0.5) is 0 Å². The molecule has 24 N–H and O–H groups in total. The predicted molar refractivity (Wildman–Crippen MR) is 315 cm³/mol. The molecule has 0 saturated heterocycles. The topological polar surface area (TPSA) is 423 Å². The molecule has 0 saturated carbocycles. The maximum Gasteiger partial charge on any atom is 0.137 e. The van der Waals surface area contributed by atoms with Crippen molar-refractivity contribution < 1.29 is 56.8 Å². The van der Waals surface area contributed by atoms with Gasteiger partial charge < -0.3 is 126 Å². The lowest BCUT2D eigenvalue weighted by Gasteiger charge is -2.29. The first kappa shape index (κ1) is 75.6. The van der Waals surface area contributed by atoms with Gasteiger partial charge in [-0.3, -0.25) is 0 Å². The van der Waals surface area contributed by atoms with E-state index in [9.17, 15) is 0 Å². The average Bonchev–Trinajstić information content (AvgIpc) is 3.47. The first-order chi connectivity index (χ1) is 38.3. The molecule has 78 heavy (non-hydrogen) atoms. The van der Waals surface area contributed by atoms with Gasteiger partial charge in [-0.25, -0.2) is 0 Å². The van der Waals surface area contributed by atoms with Crippen molar-refractivity contribution >= 4 is 57.1 Å². The molecule has 12 radical (unpaired) electrons. The lowest BCUT2D eigenvalue weighted by atomic mass is 9.81. The van der Waals surface area contributed by atoms with Gasteiger partial charge in [0.15, 0.2) is 0 Å². The van der Waals surface area contributed by atoms with Gasteiger partial charge in [0.05, 0.1) is 79.3 Å². The van der Waals surface area contributed by atoms with Gasteiger partial charge in [0.25, 0.3) is 0 Å². The maximum atomic E-state index is 6.16. The van der Waals surface area contributed by atoms with E-state index in [1.807, 2.05) is 0 Å². The van der Waals surface area contributed by atoms with Crippen molar-refractivity contribution in [2.75, 3.05) is 158 Å². The zero-order chi connectivity index (χ0) is 57.1. The summed E-state index contributed by atoms with van der Waals surface area (Å²) in [6.07, 6.45) is 4.56. The Morgan fingerprint density at radius 1 is 0.192 bits per heavy atom. The molecule has 1 aromatic rings. The highest BCUT2D eigenvalue weighted by molar-refractivity contribution is 6.38. The second kappa shape index (κ2) is 54.5. The van der Waals surface area contributed by atoms with Crippen LogP contribution in [-0.4, -0.2) is 250 Å². The monoisotopic (exact) mass is 1210 g/mol. The quantitative estimate of drug-likeness (QED) is 0.0215. The van der Waals surface area contributed by atoms with Crippen molar-refractivity contribution in [1.29, 1.82) is 0 Å². The molecule has 0 unspecified atom stereocenters. The summed E-state index contributed by atoms with van der Waals surface area (Å²) in [5, 5.41) is 0. The standard InChI is InChI=1S/C48H102N12O12Si6/c49-7-19-61-43(62-20-8-50)73-31-1-37-38(2-32-74-44(63-21-9-51)64-22-10-52)40(4-34-76-46(67-25-13-55)68-26-14-56)42(6-36-78-48(71-29-17-59)72-30-18-60)41(5-35-77-47(69-27-15-57)70-28-16-58)39(37)3-33-75-45(65-23-11-53)66-24-12-54/h43-48H,1-36,49-60H2. The van der Waals surface area contributed by atoms with Crippen LogP contribution in [0.1, 0.15) is 33.4 Å². The fraction of sp³-hybridized carbons (Fsp3) is 0.875. The van der Waals surface area contributed by atoms with Crippen molar-refractivity contribution in [2.45, 2.75) is 110 Å². The molecular weight excluding hydrogens is 1110 g/mol. The van der Waals surface area contributed by atoms with Crippen molar-refractivity contribution in [1.82, 2.24) is 0 Å². The van der Waals surface area contributed by atoms with E-state index in [2.05, 4.69) is 0 Å². The lowest BCUT2D eigenvalue weighted by Crippen LogP contribution is -2.31. The third-order valence-electron chi connectivity index (χ3n) is 10.9. The Morgan fingerprint density at radius 2 is 0.295 bits per heavy atom. The Kier molecular flexibility index (Phi) is 52.8. The Morgan fingerprint density at radius 3 is 0.385 bits per heavy atom. The summed E-state index contributed by atoms with van der Waals surface area (Å²) < 4.78 is 73.9. The van der Waals surface area contributed by atoms with Crippen LogP contribution in [0.5, 0.6) is 0 Å². The van der Waals surface area contributed by atoms with E-state index >= 15 is 0 Å². The Bertz CT molecular complexity index is 1180. The van der Waals surface area contributed by atoms with Gasteiger partial charge in [0, 0.05) is 78.5 Å². The van der Waals surface area contributed by atoms with Crippen molar-refractivity contribution in [3.8, 4) is 0 Å². The molecule has 24 nitrogen and oxygen atoms in total. The summed E-state index contributed by atoms with van der Waals surface area (Å²) in [5.41, 5.74) is 79.0. The van der Waals surface area contributed by atoms with Crippen molar-refractivity contribution in [3.05, 3.63) is 33.4 Å². The molecule has 0 amide bonds. The highest BCUT2D eigenvalue weighted by atomic mass is 28.2. The minimum Gasteiger partial charge on any atom is -0.356 e. The smallest absolute Gasteiger partial charge is 0.137 e. The van der Waals surface area contributed by atoms with Gasteiger partial charge >= 0.3 is 0 Å². The summed E-state index contributed by atoms with van der Waals surface area (Å²) in [4.78, 5) is 0. The maximum absolute atomic E-state index is 6.16. The van der Waals surface area contributed by atoms with Crippen LogP contribution in [0.15, 0.2) is 0 Å². The molecule has 0 spiro atoms. The second-order valence-corrected chi connectivity index (χ2v) is 25.3. The number of nitrogens with two attached hydrogens (primary N) is 12. The van der Waals surface area contributed by atoms with Gasteiger partial charge in [-0.1, -0.05) is 36.3 Å². The molecule has 1 rings (SSSR count). The van der Waals surface area contributed by atoms with Crippen LogP contribution in [0.25, 0.3) is 0 Å². The van der Waals surface area contributed by atoms with Gasteiger partial charge in [0.2, 0.25) is 0 Å². The molecule has 0 fully saturated rings. The molecule has 0 aliphatic rings. The van der Waals surface area contributed by atoms with E-state index in [-0.39, 0.29) is 0 Å². The largest absolute Gasteiger partial charge is 0.356 e. The van der Waals surface area contributed by atoms with Gasteiger partial charge in [0.1, 0.15) is 92.6 Å². The summed E-state index contributed by atoms with van der Waals surface area (Å²) >= 11 is 0. The number of ether oxygens (including phenoxy) is 12. The normalized spacial score (nSPS) is 12.2. The fourth-order valence-electron chi connectivity index (χ4n) is 7.89. The Hall–Kier alpha value is -0.439.